The normalized spacial score (nSPS) is 15.1. The second-order valence-electron chi connectivity index (χ2n) is 7.13. The summed E-state index contributed by atoms with van der Waals surface area (Å²) in [5.41, 5.74) is 4.70. The van der Waals surface area contributed by atoms with Crippen LogP contribution >= 0.6 is 0 Å². The van der Waals surface area contributed by atoms with E-state index >= 15 is 0 Å². The van der Waals surface area contributed by atoms with E-state index in [4.69, 9.17) is 14.5 Å². The maximum Gasteiger partial charge on any atom is 0.128 e. The summed E-state index contributed by atoms with van der Waals surface area (Å²) in [6.07, 6.45) is 8.45. The lowest BCUT2D eigenvalue weighted by Crippen LogP contribution is -2.02. The molecule has 0 fully saturated rings. The van der Waals surface area contributed by atoms with Crippen LogP contribution in [-0.4, -0.2) is 26.0 Å². The molecule has 144 valence electrons. The molecule has 0 saturated carbocycles. The summed E-state index contributed by atoms with van der Waals surface area (Å²) in [6.45, 7) is 3.94. The van der Waals surface area contributed by atoms with Crippen molar-refractivity contribution in [1.29, 1.82) is 0 Å². The number of ether oxygens (including phenoxy) is 2. The van der Waals surface area contributed by atoms with Gasteiger partial charge >= 0.3 is 0 Å². The maximum atomic E-state index is 6.04. The zero-order chi connectivity index (χ0) is 18.9. The number of nitrogens with zero attached hydrogens (tertiary/aromatic N) is 1. The third-order valence-corrected chi connectivity index (χ3v) is 5.10. The van der Waals surface area contributed by atoms with Crippen LogP contribution in [-0.2, 0) is 0 Å². The van der Waals surface area contributed by atoms with E-state index in [0.29, 0.717) is 0 Å². The quantitative estimate of drug-likeness (QED) is 0.514. The minimum atomic E-state index is 0.759. The van der Waals surface area contributed by atoms with E-state index in [0.717, 1.165) is 43.1 Å². The molecule has 3 nitrogen and oxygen atoms in total. The van der Waals surface area contributed by atoms with Crippen molar-refractivity contribution in [2.45, 2.75) is 51.9 Å². The van der Waals surface area contributed by atoms with Crippen molar-refractivity contribution in [3.05, 3.63) is 48.0 Å². The topological polar surface area (TPSA) is 30.8 Å². The average molecular weight is 366 g/mol. The lowest BCUT2D eigenvalue weighted by Gasteiger charge is -2.11. The van der Waals surface area contributed by atoms with Crippen molar-refractivity contribution < 1.29 is 9.47 Å². The largest absolute Gasteiger partial charge is 0.497 e. The van der Waals surface area contributed by atoms with Gasteiger partial charge < -0.3 is 9.47 Å². The fourth-order valence-corrected chi connectivity index (χ4v) is 3.49. The Morgan fingerprint density at radius 3 is 2.52 bits per heavy atom. The van der Waals surface area contributed by atoms with Crippen molar-refractivity contribution in [3.8, 4) is 22.6 Å². The predicted molar refractivity (Wildman–Crippen MR) is 113 cm³/mol. The number of fused-ring (bicyclic) bond motifs is 1. The van der Waals surface area contributed by atoms with Gasteiger partial charge in [-0.05, 0) is 54.7 Å². The van der Waals surface area contributed by atoms with Crippen LogP contribution in [0.3, 0.4) is 0 Å². The van der Waals surface area contributed by atoms with Crippen LogP contribution in [0.5, 0.6) is 11.5 Å². The summed E-state index contributed by atoms with van der Waals surface area (Å²) in [6, 6.07) is 14.7. The third-order valence-electron chi connectivity index (χ3n) is 5.10. The second-order valence-corrected chi connectivity index (χ2v) is 7.13. The van der Waals surface area contributed by atoms with Crippen LogP contribution in [0, 0.1) is 0 Å². The highest BCUT2D eigenvalue weighted by molar-refractivity contribution is 6.03. The molecule has 27 heavy (non-hydrogen) atoms. The standard InChI is InChI=1S/C24H31NO2/c1-3-4-5-6-7-16-25-23-9-8-17-27-24-18-20(12-15-22(23)24)19-10-13-21(26-2)14-11-19/h10-15,18H,3-9,16-17H2,1-2H3. The molecule has 1 aliphatic rings. The molecule has 0 spiro atoms. The molecule has 0 atom stereocenters. The van der Waals surface area contributed by atoms with E-state index in [1.165, 1.54) is 48.9 Å². The SMILES string of the molecule is CCCCCCCN=C1CCCOc2cc(-c3ccc(OC)cc3)ccc21. The van der Waals surface area contributed by atoms with E-state index in [1.807, 2.05) is 12.1 Å². The number of hydrogen-bond acceptors (Lipinski definition) is 3. The van der Waals surface area contributed by atoms with Crippen LogP contribution in [0.2, 0.25) is 0 Å². The molecule has 0 N–H and O–H groups in total. The molecule has 0 saturated heterocycles. The van der Waals surface area contributed by atoms with Gasteiger partial charge in [0.05, 0.1) is 13.7 Å². The summed E-state index contributed by atoms with van der Waals surface area (Å²) < 4.78 is 11.3. The predicted octanol–water partition coefficient (Wildman–Crippen LogP) is 6.29. The Labute approximate surface area is 163 Å². The van der Waals surface area contributed by atoms with Gasteiger partial charge in [-0.1, -0.05) is 50.8 Å². The smallest absolute Gasteiger partial charge is 0.128 e. The monoisotopic (exact) mass is 365 g/mol. The Bertz CT molecular complexity index is 749. The summed E-state index contributed by atoms with van der Waals surface area (Å²) in [5.74, 6) is 1.84. The number of unbranched alkanes of at least 4 members (excludes halogenated alkanes) is 4. The fraction of sp³-hybridized carbons (Fsp3) is 0.458. The Hall–Kier alpha value is -2.29. The summed E-state index contributed by atoms with van der Waals surface area (Å²) in [7, 11) is 1.69. The summed E-state index contributed by atoms with van der Waals surface area (Å²) in [4.78, 5) is 4.93. The molecule has 3 rings (SSSR count). The first-order chi connectivity index (χ1) is 13.3. The van der Waals surface area contributed by atoms with Crippen molar-refractivity contribution >= 4 is 5.71 Å². The number of methoxy groups -OCH3 is 1. The van der Waals surface area contributed by atoms with Gasteiger partial charge in [-0.25, -0.2) is 0 Å². The highest BCUT2D eigenvalue weighted by Gasteiger charge is 2.16. The molecule has 0 aliphatic carbocycles. The van der Waals surface area contributed by atoms with Crippen molar-refractivity contribution in [3.63, 3.8) is 0 Å². The first-order valence-corrected chi connectivity index (χ1v) is 10.3. The van der Waals surface area contributed by atoms with Crippen LogP contribution in [0.25, 0.3) is 11.1 Å². The van der Waals surface area contributed by atoms with E-state index < -0.39 is 0 Å². The summed E-state index contributed by atoms with van der Waals surface area (Å²) >= 11 is 0. The van der Waals surface area contributed by atoms with Crippen LogP contribution < -0.4 is 9.47 Å². The minimum Gasteiger partial charge on any atom is -0.497 e. The first kappa shape index (κ1) is 19.5. The van der Waals surface area contributed by atoms with Gasteiger partial charge in [-0.3, -0.25) is 4.99 Å². The molecule has 0 radical (unpaired) electrons. The van der Waals surface area contributed by atoms with Crippen molar-refractivity contribution in [2.75, 3.05) is 20.3 Å². The van der Waals surface area contributed by atoms with Crippen molar-refractivity contribution in [1.82, 2.24) is 0 Å². The first-order valence-electron chi connectivity index (χ1n) is 10.3. The van der Waals surface area contributed by atoms with Gasteiger partial charge in [-0.2, -0.15) is 0 Å². The molecule has 1 aliphatic heterocycles. The molecule has 2 aromatic carbocycles. The molecule has 0 amide bonds. The third kappa shape index (κ3) is 5.35. The lowest BCUT2D eigenvalue weighted by molar-refractivity contribution is 0.318. The number of aliphatic imine (C=N–C) groups is 1. The molecule has 0 bridgehead atoms. The van der Waals surface area contributed by atoms with E-state index in [1.54, 1.807) is 7.11 Å². The van der Waals surface area contributed by atoms with Gasteiger partial charge in [0.1, 0.15) is 11.5 Å². The van der Waals surface area contributed by atoms with Gasteiger partial charge in [0.15, 0.2) is 0 Å². The Morgan fingerprint density at radius 1 is 0.963 bits per heavy atom. The van der Waals surface area contributed by atoms with Crippen LogP contribution in [0.1, 0.15) is 57.4 Å². The molecule has 3 heteroatoms. The minimum absolute atomic E-state index is 0.759. The van der Waals surface area contributed by atoms with Crippen LogP contribution in [0.4, 0.5) is 0 Å². The molecule has 1 heterocycles. The second kappa shape index (κ2) is 10.1. The Kier molecular flexibility index (Phi) is 7.32. The zero-order valence-corrected chi connectivity index (χ0v) is 16.7. The van der Waals surface area contributed by atoms with Gasteiger partial charge in [0.2, 0.25) is 0 Å². The molecular formula is C24H31NO2. The Morgan fingerprint density at radius 2 is 1.74 bits per heavy atom. The molecule has 2 aromatic rings. The molecular weight excluding hydrogens is 334 g/mol. The number of benzene rings is 2. The Balaban J connectivity index is 1.74. The van der Waals surface area contributed by atoms with Crippen LogP contribution in [0.15, 0.2) is 47.5 Å². The highest BCUT2D eigenvalue weighted by Crippen LogP contribution is 2.31. The van der Waals surface area contributed by atoms with Gasteiger partial charge in [-0.15, -0.1) is 0 Å². The molecule has 0 unspecified atom stereocenters. The van der Waals surface area contributed by atoms with E-state index in [-0.39, 0.29) is 0 Å². The maximum absolute atomic E-state index is 6.04. The highest BCUT2D eigenvalue weighted by atomic mass is 16.5. The number of hydrogen-bond donors (Lipinski definition) is 0. The molecule has 0 aromatic heterocycles. The van der Waals surface area contributed by atoms with E-state index in [2.05, 4.69) is 37.3 Å². The van der Waals surface area contributed by atoms with Gasteiger partial charge in [0.25, 0.3) is 0 Å². The number of rotatable bonds is 8. The van der Waals surface area contributed by atoms with Crippen molar-refractivity contribution in [2.24, 2.45) is 4.99 Å². The fourth-order valence-electron chi connectivity index (χ4n) is 3.49. The average Bonchev–Trinajstić information content (AvgIpc) is 2.92. The lowest BCUT2D eigenvalue weighted by atomic mass is 9.99. The van der Waals surface area contributed by atoms with Gasteiger partial charge in [0, 0.05) is 17.8 Å². The summed E-state index contributed by atoms with van der Waals surface area (Å²) in [5, 5.41) is 0. The zero-order valence-electron chi connectivity index (χ0n) is 16.7. The van der Waals surface area contributed by atoms with E-state index in [9.17, 15) is 0 Å².